The highest BCUT2D eigenvalue weighted by atomic mass is 32.1. The van der Waals surface area contributed by atoms with Gasteiger partial charge in [0.2, 0.25) is 0 Å². The van der Waals surface area contributed by atoms with Crippen molar-refractivity contribution in [2.45, 2.75) is 12.8 Å². The molecule has 0 atom stereocenters. The van der Waals surface area contributed by atoms with Gasteiger partial charge in [0.05, 0.1) is 28.9 Å². The fourth-order valence-electron chi connectivity index (χ4n) is 2.87. The van der Waals surface area contributed by atoms with E-state index >= 15 is 0 Å². The van der Waals surface area contributed by atoms with Crippen LogP contribution in [0.4, 0.5) is 0 Å². The molecule has 2 aromatic rings. The van der Waals surface area contributed by atoms with Crippen LogP contribution in [0.1, 0.15) is 23.2 Å². The van der Waals surface area contributed by atoms with E-state index in [0.717, 1.165) is 48.3 Å². The number of aromatic nitrogens is 1. The van der Waals surface area contributed by atoms with E-state index in [9.17, 15) is 4.79 Å². The van der Waals surface area contributed by atoms with Crippen LogP contribution in [0, 0.1) is 5.92 Å². The number of hydrogen-bond donors (Lipinski definition) is 0. The maximum absolute atomic E-state index is 12.6. The minimum Gasteiger partial charge on any atom is -0.382 e. The van der Waals surface area contributed by atoms with Crippen molar-refractivity contribution in [2.24, 2.45) is 5.92 Å². The summed E-state index contributed by atoms with van der Waals surface area (Å²) in [6.07, 6.45) is 2.00. The molecule has 1 aliphatic heterocycles. The smallest absolute Gasteiger partial charge is 0.253 e. The predicted molar refractivity (Wildman–Crippen MR) is 90.9 cm³/mol. The number of amides is 1. The molecule has 1 aromatic carbocycles. The molecule has 0 unspecified atom stereocenters. The van der Waals surface area contributed by atoms with E-state index in [0.29, 0.717) is 19.1 Å². The van der Waals surface area contributed by atoms with Gasteiger partial charge in [0.25, 0.3) is 5.91 Å². The molecule has 0 radical (unpaired) electrons. The molecule has 6 heteroatoms. The second kappa shape index (κ2) is 7.86. The third kappa shape index (κ3) is 4.07. The van der Waals surface area contributed by atoms with Crippen LogP contribution in [0.25, 0.3) is 10.2 Å². The first-order valence-electron chi connectivity index (χ1n) is 7.97. The Hall–Kier alpha value is -1.50. The Kier molecular flexibility index (Phi) is 5.59. The van der Waals surface area contributed by atoms with Gasteiger partial charge >= 0.3 is 0 Å². The lowest BCUT2D eigenvalue weighted by Gasteiger charge is -2.32. The van der Waals surface area contributed by atoms with Gasteiger partial charge in [-0.25, -0.2) is 4.98 Å². The van der Waals surface area contributed by atoms with Crippen molar-refractivity contribution in [1.29, 1.82) is 0 Å². The van der Waals surface area contributed by atoms with Crippen LogP contribution < -0.4 is 0 Å². The molecular formula is C17H22N2O3S. The second-order valence-corrected chi connectivity index (χ2v) is 6.72. The second-order valence-electron chi connectivity index (χ2n) is 5.84. The molecule has 0 N–H and O–H groups in total. The van der Waals surface area contributed by atoms with Crippen LogP contribution >= 0.6 is 11.3 Å². The summed E-state index contributed by atoms with van der Waals surface area (Å²) in [5.74, 6) is 0.666. The lowest BCUT2D eigenvalue weighted by Crippen LogP contribution is -2.39. The molecule has 0 spiro atoms. The van der Waals surface area contributed by atoms with E-state index < -0.39 is 0 Å². The van der Waals surface area contributed by atoms with E-state index in [1.165, 1.54) is 0 Å². The normalized spacial score (nSPS) is 16.1. The molecule has 1 saturated heterocycles. The monoisotopic (exact) mass is 334 g/mol. The third-order valence-corrected chi connectivity index (χ3v) is 5.06. The average molecular weight is 334 g/mol. The van der Waals surface area contributed by atoms with Crippen molar-refractivity contribution in [3.63, 3.8) is 0 Å². The Labute approximate surface area is 140 Å². The van der Waals surface area contributed by atoms with Crippen molar-refractivity contribution in [3.8, 4) is 0 Å². The molecule has 0 saturated carbocycles. The predicted octanol–water partition coefficient (Wildman–Crippen LogP) is 2.81. The number of methoxy groups -OCH3 is 1. The number of ether oxygens (including phenoxy) is 2. The van der Waals surface area contributed by atoms with Crippen LogP contribution in [0.5, 0.6) is 0 Å². The summed E-state index contributed by atoms with van der Waals surface area (Å²) in [5, 5.41) is 0. The molecule has 0 aliphatic carbocycles. The number of benzene rings is 1. The molecule has 1 aromatic heterocycles. The minimum atomic E-state index is 0.124. The van der Waals surface area contributed by atoms with Crippen molar-refractivity contribution < 1.29 is 14.3 Å². The van der Waals surface area contributed by atoms with Gasteiger partial charge in [-0.1, -0.05) is 0 Å². The standard InChI is InChI=1S/C17H22N2O3S/c1-21-8-9-22-11-13-4-6-19(7-5-13)17(20)14-2-3-15-16(10-14)23-12-18-15/h2-3,10,12-13H,4-9,11H2,1H3. The van der Waals surface area contributed by atoms with Crippen LogP contribution in [0.15, 0.2) is 23.7 Å². The van der Waals surface area contributed by atoms with Crippen LogP contribution in [-0.4, -0.2) is 55.8 Å². The molecule has 1 aliphatic rings. The summed E-state index contributed by atoms with van der Waals surface area (Å²) < 4.78 is 11.6. The first-order valence-corrected chi connectivity index (χ1v) is 8.85. The fraction of sp³-hybridized carbons (Fsp3) is 0.529. The van der Waals surface area contributed by atoms with E-state index in [1.807, 2.05) is 28.6 Å². The number of likely N-dealkylation sites (tertiary alicyclic amines) is 1. The van der Waals surface area contributed by atoms with Gasteiger partial charge in [-0.05, 0) is 37.0 Å². The van der Waals surface area contributed by atoms with Crippen molar-refractivity contribution in [2.75, 3.05) is 40.0 Å². The topological polar surface area (TPSA) is 51.7 Å². The van der Waals surface area contributed by atoms with E-state index in [2.05, 4.69) is 4.98 Å². The Balaban J connectivity index is 1.51. The molecule has 1 amide bonds. The van der Waals surface area contributed by atoms with Crippen molar-refractivity contribution in [1.82, 2.24) is 9.88 Å². The van der Waals surface area contributed by atoms with Crippen molar-refractivity contribution in [3.05, 3.63) is 29.3 Å². The Morgan fingerprint density at radius 1 is 1.35 bits per heavy atom. The lowest BCUT2D eigenvalue weighted by atomic mass is 9.97. The Bertz CT molecular complexity index is 650. The highest BCUT2D eigenvalue weighted by molar-refractivity contribution is 7.16. The van der Waals surface area contributed by atoms with Gasteiger partial charge in [0, 0.05) is 32.4 Å². The maximum atomic E-state index is 12.6. The zero-order valence-electron chi connectivity index (χ0n) is 13.4. The number of piperidine rings is 1. The van der Waals surface area contributed by atoms with Crippen LogP contribution in [0.2, 0.25) is 0 Å². The molecule has 1 fully saturated rings. The summed E-state index contributed by atoms with van der Waals surface area (Å²) in [4.78, 5) is 18.8. The first kappa shape index (κ1) is 16.4. The van der Waals surface area contributed by atoms with Gasteiger partial charge in [0.15, 0.2) is 0 Å². The van der Waals surface area contributed by atoms with Gasteiger partial charge in [-0.3, -0.25) is 4.79 Å². The molecular weight excluding hydrogens is 312 g/mol. The number of carbonyl (C=O) groups is 1. The highest BCUT2D eigenvalue weighted by Gasteiger charge is 2.24. The van der Waals surface area contributed by atoms with E-state index in [-0.39, 0.29) is 5.91 Å². The summed E-state index contributed by atoms with van der Waals surface area (Å²) >= 11 is 1.57. The van der Waals surface area contributed by atoms with Gasteiger partial charge in [-0.15, -0.1) is 11.3 Å². The zero-order valence-corrected chi connectivity index (χ0v) is 14.2. The van der Waals surface area contributed by atoms with Gasteiger partial charge in [0.1, 0.15) is 0 Å². The largest absolute Gasteiger partial charge is 0.382 e. The minimum absolute atomic E-state index is 0.124. The molecule has 5 nitrogen and oxygen atoms in total. The molecule has 0 bridgehead atoms. The number of nitrogens with zero attached hydrogens (tertiary/aromatic N) is 2. The van der Waals surface area contributed by atoms with E-state index in [1.54, 1.807) is 18.4 Å². The molecule has 3 rings (SSSR count). The van der Waals surface area contributed by atoms with Crippen LogP contribution in [-0.2, 0) is 9.47 Å². The lowest BCUT2D eigenvalue weighted by molar-refractivity contribution is 0.0327. The summed E-state index contributed by atoms with van der Waals surface area (Å²) in [6.45, 7) is 3.65. The molecule has 2 heterocycles. The Morgan fingerprint density at radius 3 is 2.96 bits per heavy atom. The number of rotatable bonds is 6. The van der Waals surface area contributed by atoms with E-state index in [4.69, 9.17) is 9.47 Å². The van der Waals surface area contributed by atoms with Crippen LogP contribution in [0.3, 0.4) is 0 Å². The van der Waals surface area contributed by atoms with Gasteiger partial charge in [-0.2, -0.15) is 0 Å². The molecule has 124 valence electrons. The Morgan fingerprint density at radius 2 is 2.17 bits per heavy atom. The number of carbonyl (C=O) groups excluding carboxylic acids is 1. The maximum Gasteiger partial charge on any atom is 0.253 e. The summed E-state index contributed by atoms with van der Waals surface area (Å²) in [7, 11) is 1.68. The summed E-state index contributed by atoms with van der Waals surface area (Å²) in [6, 6.07) is 5.76. The van der Waals surface area contributed by atoms with Gasteiger partial charge < -0.3 is 14.4 Å². The number of thiazole rings is 1. The number of hydrogen-bond acceptors (Lipinski definition) is 5. The number of fused-ring (bicyclic) bond motifs is 1. The molecule has 23 heavy (non-hydrogen) atoms. The highest BCUT2D eigenvalue weighted by Crippen LogP contribution is 2.23. The van der Waals surface area contributed by atoms with Crippen molar-refractivity contribution >= 4 is 27.5 Å². The first-order chi connectivity index (χ1) is 11.3. The fourth-order valence-corrected chi connectivity index (χ4v) is 3.58. The average Bonchev–Trinajstić information content (AvgIpc) is 3.06. The quantitative estimate of drug-likeness (QED) is 0.762. The summed E-state index contributed by atoms with van der Waals surface area (Å²) in [5.41, 5.74) is 3.53. The SMILES string of the molecule is COCCOCC1CCN(C(=O)c2ccc3ncsc3c2)CC1. The third-order valence-electron chi connectivity index (χ3n) is 4.27. The zero-order chi connectivity index (χ0) is 16.1.